The van der Waals surface area contributed by atoms with Crippen molar-refractivity contribution in [2.24, 2.45) is 4.99 Å². The first-order chi connectivity index (χ1) is 12.6. The summed E-state index contributed by atoms with van der Waals surface area (Å²) in [6.07, 6.45) is 3.85. The van der Waals surface area contributed by atoms with Gasteiger partial charge >= 0.3 is 0 Å². The van der Waals surface area contributed by atoms with Gasteiger partial charge in [0.25, 0.3) is 0 Å². The first kappa shape index (κ1) is 18.3. The fourth-order valence-electron chi connectivity index (χ4n) is 2.96. The van der Waals surface area contributed by atoms with Crippen LogP contribution >= 0.6 is 0 Å². The van der Waals surface area contributed by atoms with Crippen LogP contribution < -0.4 is 10.0 Å². The van der Waals surface area contributed by atoms with Gasteiger partial charge in [0.05, 0.1) is 0 Å². The molecular weight excluding hydrogens is 350 g/mol. The Bertz CT molecular complexity index is 868. The lowest BCUT2D eigenvalue weighted by Crippen LogP contribution is -2.46. The predicted molar refractivity (Wildman–Crippen MR) is 101 cm³/mol. The summed E-state index contributed by atoms with van der Waals surface area (Å²) in [5.74, 6) is 0.778. The van der Waals surface area contributed by atoms with Gasteiger partial charge in [0, 0.05) is 45.6 Å². The predicted octanol–water partition coefficient (Wildman–Crippen LogP) is 0.994. The SMILES string of the molecule is CN=C(NCCNS(=O)(=O)c1cccnc1)N1CCc2ccccc2C1. The molecule has 0 spiro atoms. The molecule has 2 heterocycles. The van der Waals surface area contributed by atoms with Crippen molar-refractivity contribution in [3.63, 3.8) is 0 Å². The van der Waals surface area contributed by atoms with E-state index in [0.29, 0.717) is 6.54 Å². The fourth-order valence-corrected chi connectivity index (χ4v) is 3.95. The quantitative estimate of drug-likeness (QED) is 0.464. The maximum atomic E-state index is 12.2. The molecule has 2 aromatic rings. The lowest BCUT2D eigenvalue weighted by atomic mass is 10.0. The Balaban J connectivity index is 1.51. The van der Waals surface area contributed by atoms with Crippen molar-refractivity contribution in [1.82, 2.24) is 19.9 Å². The Kier molecular flexibility index (Phi) is 5.85. The first-order valence-electron chi connectivity index (χ1n) is 8.52. The Morgan fingerprint density at radius 2 is 2.00 bits per heavy atom. The molecule has 1 aromatic heterocycles. The Morgan fingerprint density at radius 1 is 1.19 bits per heavy atom. The molecule has 0 atom stereocenters. The second-order valence-corrected chi connectivity index (χ2v) is 7.77. The third-order valence-electron chi connectivity index (χ3n) is 4.29. The number of rotatable bonds is 5. The minimum absolute atomic E-state index is 0.164. The lowest BCUT2D eigenvalue weighted by molar-refractivity contribution is 0.379. The molecule has 26 heavy (non-hydrogen) atoms. The Labute approximate surface area is 154 Å². The average Bonchev–Trinajstić information content (AvgIpc) is 2.68. The summed E-state index contributed by atoms with van der Waals surface area (Å²) < 4.78 is 26.9. The number of aliphatic imine (C=N–C) groups is 1. The van der Waals surface area contributed by atoms with E-state index in [9.17, 15) is 8.42 Å². The van der Waals surface area contributed by atoms with Crippen molar-refractivity contribution >= 4 is 16.0 Å². The van der Waals surface area contributed by atoms with E-state index < -0.39 is 10.0 Å². The number of hydrogen-bond donors (Lipinski definition) is 2. The highest BCUT2D eigenvalue weighted by Crippen LogP contribution is 2.18. The van der Waals surface area contributed by atoms with Crippen LogP contribution in [-0.4, -0.2) is 50.9 Å². The molecule has 0 bridgehead atoms. The summed E-state index contributed by atoms with van der Waals surface area (Å²) in [4.78, 5) is 10.5. The third-order valence-corrected chi connectivity index (χ3v) is 5.73. The minimum atomic E-state index is -3.54. The summed E-state index contributed by atoms with van der Waals surface area (Å²) >= 11 is 0. The molecule has 1 aromatic carbocycles. The third kappa shape index (κ3) is 4.39. The zero-order valence-corrected chi connectivity index (χ0v) is 15.5. The van der Waals surface area contributed by atoms with E-state index >= 15 is 0 Å². The van der Waals surface area contributed by atoms with Crippen LogP contribution in [0.25, 0.3) is 0 Å². The molecular formula is C18H23N5O2S. The van der Waals surface area contributed by atoms with Crippen LogP contribution in [0, 0.1) is 0 Å². The van der Waals surface area contributed by atoms with Crippen LogP contribution in [0.5, 0.6) is 0 Å². The van der Waals surface area contributed by atoms with Crippen molar-refractivity contribution in [2.45, 2.75) is 17.9 Å². The number of benzene rings is 1. The molecule has 1 aliphatic rings. The lowest BCUT2D eigenvalue weighted by Gasteiger charge is -2.31. The van der Waals surface area contributed by atoms with E-state index in [1.54, 1.807) is 19.3 Å². The highest BCUT2D eigenvalue weighted by molar-refractivity contribution is 7.89. The first-order valence-corrected chi connectivity index (χ1v) is 10.0. The van der Waals surface area contributed by atoms with Crippen LogP contribution in [0.15, 0.2) is 58.7 Å². The van der Waals surface area contributed by atoms with Gasteiger partial charge < -0.3 is 10.2 Å². The number of sulfonamides is 1. The molecule has 0 saturated carbocycles. The maximum Gasteiger partial charge on any atom is 0.242 e. The summed E-state index contributed by atoms with van der Waals surface area (Å²) in [5.41, 5.74) is 2.68. The monoisotopic (exact) mass is 373 g/mol. The van der Waals surface area contributed by atoms with Crippen LogP contribution in [-0.2, 0) is 23.0 Å². The van der Waals surface area contributed by atoms with Gasteiger partial charge in [-0.15, -0.1) is 0 Å². The standard InChI is InChI=1S/C18H23N5O2S/c1-19-18(23-12-8-15-5-2-3-6-16(15)14-23)21-10-11-22-26(24,25)17-7-4-9-20-13-17/h2-7,9,13,22H,8,10-12,14H2,1H3,(H,19,21). The fraction of sp³-hybridized carbons (Fsp3) is 0.333. The van der Waals surface area contributed by atoms with Crippen molar-refractivity contribution in [1.29, 1.82) is 0 Å². The number of nitrogens with one attached hydrogen (secondary N) is 2. The summed E-state index contributed by atoms with van der Waals surface area (Å²) in [6, 6.07) is 11.5. The van der Waals surface area contributed by atoms with Gasteiger partial charge in [0.2, 0.25) is 10.0 Å². The molecule has 2 N–H and O–H groups in total. The number of pyridine rings is 1. The van der Waals surface area contributed by atoms with E-state index in [1.165, 1.54) is 23.4 Å². The zero-order chi connectivity index (χ0) is 18.4. The number of fused-ring (bicyclic) bond motifs is 1. The molecule has 0 aliphatic carbocycles. The number of nitrogens with zero attached hydrogens (tertiary/aromatic N) is 3. The highest BCUT2D eigenvalue weighted by atomic mass is 32.2. The molecule has 0 amide bonds. The maximum absolute atomic E-state index is 12.2. The van der Waals surface area contributed by atoms with Gasteiger partial charge in [-0.3, -0.25) is 9.98 Å². The van der Waals surface area contributed by atoms with Gasteiger partial charge in [0.15, 0.2) is 5.96 Å². The number of guanidine groups is 1. The van der Waals surface area contributed by atoms with Gasteiger partial charge in [-0.05, 0) is 29.7 Å². The van der Waals surface area contributed by atoms with Crippen molar-refractivity contribution < 1.29 is 8.42 Å². The van der Waals surface area contributed by atoms with Gasteiger partial charge in [-0.25, -0.2) is 13.1 Å². The van der Waals surface area contributed by atoms with Crippen LogP contribution in [0.4, 0.5) is 0 Å². The minimum Gasteiger partial charge on any atom is -0.355 e. The molecule has 138 valence electrons. The molecule has 7 nitrogen and oxygen atoms in total. The van der Waals surface area contributed by atoms with E-state index in [4.69, 9.17) is 0 Å². The highest BCUT2D eigenvalue weighted by Gasteiger charge is 2.19. The Morgan fingerprint density at radius 3 is 2.73 bits per heavy atom. The smallest absolute Gasteiger partial charge is 0.242 e. The van der Waals surface area contributed by atoms with Gasteiger partial charge in [0.1, 0.15) is 4.90 Å². The topological polar surface area (TPSA) is 86.7 Å². The van der Waals surface area contributed by atoms with Crippen molar-refractivity contribution in [3.05, 3.63) is 59.9 Å². The summed E-state index contributed by atoms with van der Waals surface area (Å²) in [7, 11) is -1.80. The number of aromatic nitrogens is 1. The van der Waals surface area contributed by atoms with E-state index in [2.05, 4.69) is 43.1 Å². The van der Waals surface area contributed by atoms with Crippen LogP contribution in [0.1, 0.15) is 11.1 Å². The zero-order valence-electron chi connectivity index (χ0n) is 14.7. The van der Waals surface area contributed by atoms with Crippen molar-refractivity contribution in [3.8, 4) is 0 Å². The molecule has 0 unspecified atom stereocenters. The van der Waals surface area contributed by atoms with Crippen LogP contribution in [0.2, 0.25) is 0 Å². The van der Waals surface area contributed by atoms with Crippen LogP contribution in [0.3, 0.4) is 0 Å². The second kappa shape index (κ2) is 8.29. The van der Waals surface area contributed by atoms with E-state index in [-0.39, 0.29) is 11.4 Å². The molecule has 0 fully saturated rings. The van der Waals surface area contributed by atoms with Gasteiger partial charge in [-0.2, -0.15) is 0 Å². The van der Waals surface area contributed by atoms with E-state index in [1.807, 2.05) is 6.07 Å². The molecule has 1 aliphatic heterocycles. The van der Waals surface area contributed by atoms with Crippen molar-refractivity contribution in [2.75, 3.05) is 26.7 Å². The summed E-state index contributed by atoms with van der Waals surface area (Å²) in [6.45, 7) is 2.40. The molecule has 8 heteroatoms. The van der Waals surface area contributed by atoms with Gasteiger partial charge in [-0.1, -0.05) is 24.3 Å². The van der Waals surface area contributed by atoms with E-state index in [0.717, 1.165) is 25.5 Å². The molecule has 0 saturated heterocycles. The largest absolute Gasteiger partial charge is 0.355 e. The normalized spacial score (nSPS) is 14.8. The number of hydrogen-bond acceptors (Lipinski definition) is 4. The second-order valence-electron chi connectivity index (χ2n) is 6.00. The summed E-state index contributed by atoms with van der Waals surface area (Å²) in [5, 5.41) is 3.23. The molecule has 0 radical (unpaired) electrons. The average molecular weight is 373 g/mol. The Hall–Kier alpha value is -2.45. The molecule has 3 rings (SSSR count).